The van der Waals surface area contributed by atoms with E-state index in [4.69, 9.17) is 5.73 Å². The van der Waals surface area contributed by atoms with Crippen LogP contribution in [0, 0.1) is 6.92 Å². The van der Waals surface area contributed by atoms with Crippen LogP contribution in [0.25, 0.3) is 0 Å². The molecule has 0 spiro atoms. The SMILES string of the molecule is Cc1cc(Br)ccc1S(=O)(=O)NCC(F)(F)CN. The first-order valence-corrected chi connectivity index (χ1v) is 7.29. The number of nitrogens with two attached hydrogens (primary N) is 1. The van der Waals surface area contributed by atoms with Crippen LogP contribution >= 0.6 is 15.9 Å². The Morgan fingerprint density at radius 3 is 2.56 bits per heavy atom. The molecule has 0 aliphatic heterocycles. The van der Waals surface area contributed by atoms with E-state index in [-0.39, 0.29) is 4.90 Å². The van der Waals surface area contributed by atoms with Crippen molar-refractivity contribution in [1.29, 1.82) is 0 Å². The molecule has 0 saturated heterocycles. The van der Waals surface area contributed by atoms with E-state index in [0.29, 0.717) is 10.0 Å². The standard InChI is InChI=1S/C10H13BrF2N2O2S/c1-7-4-8(11)2-3-9(7)18(16,17)15-6-10(12,13)5-14/h2-4,15H,5-6,14H2,1H3. The van der Waals surface area contributed by atoms with Crippen molar-refractivity contribution < 1.29 is 17.2 Å². The maximum atomic E-state index is 12.9. The van der Waals surface area contributed by atoms with Gasteiger partial charge in [-0.05, 0) is 30.7 Å². The number of benzene rings is 1. The Balaban J connectivity index is 2.94. The monoisotopic (exact) mass is 342 g/mol. The van der Waals surface area contributed by atoms with Gasteiger partial charge in [-0.3, -0.25) is 0 Å². The maximum absolute atomic E-state index is 12.9. The lowest BCUT2D eigenvalue weighted by Gasteiger charge is -2.15. The van der Waals surface area contributed by atoms with Crippen LogP contribution in [-0.2, 0) is 10.0 Å². The second-order valence-electron chi connectivity index (χ2n) is 3.79. The first kappa shape index (κ1) is 15.5. The Morgan fingerprint density at radius 1 is 1.44 bits per heavy atom. The zero-order chi connectivity index (χ0) is 14.0. The normalized spacial score (nSPS) is 12.7. The highest BCUT2D eigenvalue weighted by atomic mass is 79.9. The van der Waals surface area contributed by atoms with E-state index < -0.39 is 29.0 Å². The average Bonchev–Trinajstić information content (AvgIpc) is 2.26. The number of nitrogens with one attached hydrogen (secondary N) is 1. The van der Waals surface area contributed by atoms with Crippen molar-refractivity contribution in [3.63, 3.8) is 0 Å². The fourth-order valence-corrected chi connectivity index (χ4v) is 3.03. The Hall–Kier alpha value is -0.570. The van der Waals surface area contributed by atoms with Gasteiger partial charge in [0.15, 0.2) is 0 Å². The molecule has 1 aromatic rings. The van der Waals surface area contributed by atoms with Crippen LogP contribution < -0.4 is 10.5 Å². The molecule has 1 aromatic carbocycles. The smallest absolute Gasteiger partial charge is 0.273 e. The Bertz CT molecular complexity index is 535. The minimum Gasteiger partial charge on any atom is -0.325 e. The van der Waals surface area contributed by atoms with E-state index in [2.05, 4.69) is 15.9 Å². The van der Waals surface area contributed by atoms with Gasteiger partial charge in [0.2, 0.25) is 10.0 Å². The van der Waals surface area contributed by atoms with E-state index in [0.717, 1.165) is 0 Å². The van der Waals surface area contributed by atoms with Crippen LogP contribution in [0.4, 0.5) is 8.78 Å². The number of alkyl halides is 2. The highest BCUT2D eigenvalue weighted by Gasteiger charge is 2.29. The van der Waals surface area contributed by atoms with Crippen molar-refractivity contribution in [2.75, 3.05) is 13.1 Å². The molecule has 0 atom stereocenters. The largest absolute Gasteiger partial charge is 0.325 e. The summed E-state index contributed by atoms with van der Waals surface area (Å²) in [5.41, 5.74) is 5.30. The lowest BCUT2D eigenvalue weighted by atomic mass is 10.2. The highest BCUT2D eigenvalue weighted by Crippen LogP contribution is 2.20. The molecule has 102 valence electrons. The zero-order valence-corrected chi connectivity index (χ0v) is 12.0. The molecule has 8 heteroatoms. The molecule has 0 amide bonds. The molecule has 0 unspecified atom stereocenters. The third-order valence-electron chi connectivity index (χ3n) is 2.25. The summed E-state index contributed by atoms with van der Waals surface area (Å²) in [6, 6.07) is 4.47. The van der Waals surface area contributed by atoms with Crippen molar-refractivity contribution in [1.82, 2.24) is 4.72 Å². The summed E-state index contributed by atoms with van der Waals surface area (Å²) in [7, 11) is -3.96. The molecule has 0 aromatic heterocycles. The predicted molar refractivity (Wildman–Crippen MR) is 68.1 cm³/mol. The van der Waals surface area contributed by atoms with E-state index in [1.165, 1.54) is 12.1 Å². The number of sulfonamides is 1. The molecule has 0 bridgehead atoms. The second-order valence-corrected chi connectivity index (χ2v) is 6.45. The molecule has 18 heavy (non-hydrogen) atoms. The van der Waals surface area contributed by atoms with Gasteiger partial charge < -0.3 is 5.73 Å². The van der Waals surface area contributed by atoms with Crippen LogP contribution in [0.15, 0.2) is 27.6 Å². The molecule has 4 nitrogen and oxygen atoms in total. The Kier molecular flexibility index (Phi) is 4.82. The van der Waals surface area contributed by atoms with E-state index >= 15 is 0 Å². The minimum atomic E-state index is -3.96. The van der Waals surface area contributed by atoms with E-state index in [9.17, 15) is 17.2 Å². The van der Waals surface area contributed by atoms with Gasteiger partial charge in [0, 0.05) is 4.47 Å². The van der Waals surface area contributed by atoms with Crippen molar-refractivity contribution in [2.45, 2.75) is 17.7 Å². The number of hydrogen-bond donors (Lipinski definition) is 2. The van der Waals surface area contributed by atoms with Crippen LogP contribution in [-0.4, -0.2) is 27.4 Å². The highest BCUT2D eigenvalue weighted by molar-refractivity contribution is 9.10. The minimum absolute atomic E-state index is 0.0291. The third kappa shape index (κ3) is 3.98. The molecular formula is C10H13BrF2N2O2S. The Labute approximate surface area is 113 Å². The molecule has 1 rings (SSSR count). The number of rotatable bonds is 5. The summed E-state index contributed by atoms with van der Waals surface area (Å²) in [6.07, 6.45) is 0. The summed E-state index contributed by atoms with van der Waals surface area (Å²) in [4.78, 5) is -0.0291. The van der Waals surface area contributed by atoms with Gasteiger partial charge in [0.1, 0.15) is 0 Å². The van der Waals surface area contributed by atoms with Crippen LogP contribution in [0.1, 0.15) is 5.56 Å². The van der Waals surface area contributed by atoms with Crippen LogP contribution in [0.2, 0.25) is 0 Å². The Morgan fingerprint density at radius 2 is 2.06 bits per heavy atom. The van der Waals surface area contributed by atoms with Gasteiger partial charge in [-0.1, -0.05) is 15.9 Å². The molecule has 0 aliphatic carbocycles. The predicted octanol–water partition coefficient (Wildman–Crippen LogP) is 1.63. The quantitative estimate of drug-likeness (QED) is 0.854. The molecule has 0 fully saturated rings. The number of aryl methyl sites for hydroxylation is 1. The number of halogens is 3. The van der Waals surface area contributed by atoms with E-state index in [1.807, 2.05) is 4.72 Å². The summed E-state index contributed by atoms with van der Waals surface area (Å²) in [6.45, 7) is -0.337. The zero-order valence-electron chi connectivity index (χ0n) is 9.58. The first-order valence-electron chi connectivity index (χ1n) is 5.02. The first-order chi connectivity index (χ1) is 8.18. The lowest BCUT2D eigenvalue weighted by Crippen LogP contribution is -2.41. The van der Waals surface area contributed by atoms with Crippen LogP contribution in [0.5, 0.6) is 0 Å². The van der Waals surface area contributed by atoms with Crippen molar-refractivity contribution in [3.8, 4) is 0 Å². The van der Waals surface area contributed by atoms with Gasteiger partial charge in [-0.15, -0.1) is 0 Å². The topological polar surface area (TPSA) is 72.2 Å². The van der Waals surface area contributed by atoms with Gasteiger partial charge >= 0.3 is 0 Å². The summed E-state index contributed by atoms with van der Waals surface area (Å²) in [5.74, 6) is -3.25. The molecule has 0 heterocycles. The van der Waals surface area contributed by atoms with Gasteiger partial charge in [0.05, 0.1) is 18.0 Å². The van der Waals surface area contributed by atoms with Gasteiger partial charge in [-0.25, -0.2) is 21.9 Å². The van der Waals surface area contributed by atoms with Crippen molar-refractivity contribution in [3.05, 3.63) is 28.2 Å². The molecular weight excluding hydrogens is 330 g/mol. The summed E-state index contributed by atoms with van der Waals surface area (Å²) in [5, 5.41) is 0. The molecule has 0 radical (unpaired) electrons. The van der Waals surface area contributed by atoms with Gasteiger partial charge in [0.25, 0.3) is 5.92 Å². The third-order valence-corrected chi connectivity index (χ3v) is 4.30. The average molecular weight is 343 g/mol. The van der Waals surface area contributed by atoms with Gasteiger partial charge in [-0.2, -0.15) is 0 Å². The maximum Gasteiger partial charge on any atom is 0.273 e. The second kappa shape index (κ2) is 5.60. The summed E-state index contributed by atoms with van der Waals surface area (Å²) >= 11 is 3.19. The van der Waals surface area contributed by atoms with Crippen molar-refractivity contribution in [2.24, 2.45) is 5.73 Å². The number of hydrogen-bond acceptors (Lipinski definition) is 3. The fourth-order valence-electron chi connectivity index (χ4n) is 1.26. The van der Waals surface area contributed by atoms with Crippen molar-refractivity contribution >= 4 is 26.0 Å². The summed E-state index contributed by atoms with van der Waals surface area (Å²) < 4.78 is 52.0. The molecule has 0 saturated carbocycles. The fraction of sp³-hybridized carbons (Fsp3) is 0.400. The molecule has 3 N–H and O–H groups in total. The van der Waals surface area contributed by atoms with Crippen LogP contribution in [0.3, 0.4) is 0 Å². The lowest BCUT2D eigenvalue weighted by molar-refractivity contribution is 0.0170. The molecule has 0 aliphatic rings. The van der Waals surface area contributed by atoms with E-state index in [1.54, 1.807) is 13.0 Å².